The predicted octanol–water partition coefficient (Wildman–Crippen LogP) is 2.42. The number of hydrogen-bond acceptors (Lipinski definition) is 2. The second kappa shape index (κ2) is 3.81. The molecular weight excluding hydrogens is 204 g/mol. The van der Waals surface area contributed by atoms with Gasteiger partial charge >= 0.3 is 5.97 Å². The van der Waals surface area contributed by atoms with E-state index in [0.717, 1.165) is 5.75 Å². The minimum atomic E-state index is -0.716. The Morgan fingerprint density at radius 2 is 2.00 bits per heavy atom. The molecule has 86 valence electrons. The first kappa shape index (κ1) is 11.0. The molecular formula is C13H16O3. The molecule has 1 saturated carbocycles. The molecule has 1 N–H and O–H groups in total. The van der Waals surface area contributed by atoms with Crippen LogP contribution in [0.1, 0.15) is 13.8 Å². The maximum atomic E-state index is 10.9. The van der Waals surface area contributed by atoms with Crippen molar-refractivity contribution in [3.05, 3.63) is 30.3 Å². The summed E-state index contributed by atoms with van der Waals surface area (Å²) in [7, 11) is 0. The zero-order valence-electron chi connectivity index (χ0n) is 9.51. The number of benzene rings is 1. The van der Waals surface area contributed by atoms with E-state index in [1.807, 2.05) is 44.2 Å². The lowest BCUT2D eigenvalue weighted by Crippen LogP contribution is -2.06. The highest BCUT2D eigenvalue weighted by Gasteiger charge is 2.62. The molecule has 1 aromatic rings. The second-order valence-corrected chi connectivity index (χ2v) is 4.87. The smallest absolute Gasteiger partial charge is 0.307 e. The molecule has 2 atom stereocenters. The lowest BCUT2D eigenvalue weighted by atomic mass is 10.1. The van der Waals surface area contributed by atoms with E-state index in [2.05, 4.69) is 0 Å². The molecule has 0 saturated heterocycles. The molecule has 1 fully saturated rings. The quantitative estimate of drug-likeness (QED) is 0.847. The number of carboxylic acids is 1. The molecule has 3 heteroatoms. The Balaban J connectivity index is 1.91. The Labute approximate surface area is 95.0 Å². The van der Waals surface area contributed by atoms with Crippen LogP contribution >= 0.6 is 0 Å². The number of aliphatic carboxylic acids is 1. The molecule has 1 aromatic carbocycles. The van der Waals surface area contributed by atoms with Crippen LogP contribution in [0.5, 0.6) is 5.75 Å². The number of carboxylic acid groups (broad SMARTS) is 1. The van der Waals surface area contributed by atoms with Gasteiger partial charge in [0, 0.05) is 5.92 Å². The number of hydrogen-bond donors (Lipinski definition) is 1. The maximum Gasteiger partial charge on any atom is 0.307 e. The van der Waals surface area contributed by atoms with Crippen LogP contribution in [0.3, 0.4) is 0 Å². The molecule has 0 aromatic heterocycles. The monoisotopic (exact) mass is 220 g/mol. The molecule has 2 rings (SSSR count). The molecule has 0 heterocycles. The fourth-order valence-corrected chi connectivity index (χ4v) is 2.25. The average Bonchev–Trinajstić information content (AvgIpc) is 2.79. The summed E-state index contributed by atoms with van der Waals surface area (Å²) in [4.78, 5) is 10.9. The zero-order chi connectivity index (χ0) is 11.8. The fourth-order valence-electron chi connectivity index (χ4n) is 2.25. The van der Waals surface area contributed by atoms with Crippen LogP contribution in [-0.2, 0) is 4.79 Å². The van der Waals surface area contributed by atoms with Crippen molar-refractivity contribution in [2.24, 2.45) is 17.3 Å². The van der Waals surface area contributed by atoms with Gasteiger partial charge in [-0.05, 0) is 17.5 Å². The van der Waals surface area contributed by atoms with Gasteiger partial charge in [-0.3, -0.25) is 4.79 Å². The van der Waals surface area contributed by atoms with E-state index in [0.29, 0.717) is 6.61 Å². The molecule has 0 radical (unpaired) electrons. The predicted molar refractivity (Wildman–Crippen MR) is 60.3 cm³/mol. The van der Waals surface area contributed by atoms with Crippen molar-refractivity contribution in [1.82, 2.24) is 0 Å². The van der Waals surface area contributed by atoms with E-state index in [1.54, 1.807) is 0 Å². The molecule has 0 bridgehead atoms. The molecule has 16 heavy (non-hydrogen) atoms. The summed E-state index contributed by atoms with van der Waals surface area (Å²) in [5.41, 5.74) is -0.138. The number of ether oxygens (including phenoxy) is 1. The van der Waals surface area contributed by atoms with Crippen LogP contribution in [0, 0.1) is 17.3 Å². The molecule has 0 aliphatic heterocycles. The SMILES string of the molecule is CC1(C)C(COc2ccccc2)C1C(=O)O. The molecule has 1 aliphatic rings. The Kier molecular flexibility index (Phi) is 2.62. The first-order chi connectivity index (χ1) is 7.53. The van der Waals surface area contributed by atoms with Gasteiger partial charge in [0.25, 0.3) is 0 Å². The number of carbonyl (C=O) groups is 1. The van der Waals surface area contributed by atoms with Crippen molar-refractivity contribution in [2.75, 3.05) is 6.61 Å². The van der Waals surface area contributed by atoms with Gasteiger partial charge in [-0.25, -0.2) is 0 Å². The van der Waals surface area contributed by atoms with E-state index in [9.17, 15) is 4.79 Å². The van der Waals surface area contributed by atoms with Crippen LogP contribution in [0.25, 0.3) is 0 Å². The minimum absolute atomic E-state index is 0.116. The Hall–Kier alpha value is -1.51. The van der Waals surface area contributed by atoms with Crippen molar-refractivity contribution in [2.45, 2.75) is 13.8 Å². The van der Waals surface area contributed by atoms with Gasteiger partial charge in [-0.1, -0.05) is 32.0 Å². The van der Waals surface area contributed by atoms with Crippen molar-refractivity contribution < 1.29 is 14.6 Å². The van der Waals surface area contributed by atoms with Crippen LogP contribution in [0.15, 0.2) is 30.3 Å². The lowest BCUT2D eigenvalue weighted by molar-refractivity contribution is -0.139. The topological polar surface area (TPSA) is 46.5 Å². The summed E-state index contributed by atoms with van der Waals surface area (Å²) in [6.45, 7) is 4.43. The van der Waals surface area contributed by atoms with Crippen molar-refractivity contribution in [3.63, 3.8) is 0 Å². The maximum absolute atomic E-state index is 10.9. The van der Waals surface area contributed by atoms with Gasteiger partial charge in [0.2, 0.25) is 0 Å². The summed E-state index contributed by atoms with van der Waals surface area (Å²) in [5, 5.41) is 9.00. The van der Waals surface area contributed by atoms with E-state index in [1.165, 1.54) is 0 Å². The van der Waals surface area contributed by atoms with Gasteiger partial charge in [0.15, 0.2) is 0 Å². The first-order valence-electron chi connectivity index (χ1n) is 5.44. The van der Waals surface area contributed by atoms with E-state index < -0.39 is 5.97 Å². The highest BCUT2D eigenvalue weighted by Crippen LogP contribution is 2.58. The largest absolute Gasteiger partial charge is 0.493 e. The van der Waals surface area contributed by atoms with Gasteiger partial charge < -0.3 is 9.84 Å². The third-order valence-electron chi connectivity index (χ3n) is 3.49. The lowest BCUT2D eigenvalue weighted by Gasteiger charge is -2.06. The van der Waals surface area contributed by atoms with Gasteiger partial charge in [-0.2, -0.15) is 0 Å². The van der Waals surface area contributed by atoms with Gasteiger partial charge in [0.1, 0.15) is 5.75 Å². The van der Waals surface area contributed by atoms with Gasteiger partial charge in [0.05, 0.1) is 12.5 Å². The minimum Gasteiger partial charge on any atom is -0.493 e. The van der Waals surface area contributed by atoms with Crippen molar-refractivity contribution in [1.29, 1.82) is 0 Å². The molecule has 2 unspecified atom stereocenters. The van der Waals surface area contributed by atoms with E-state index in [4.69, 9.17) is 9.84 Å². The average molecular weight is 220 g/mol. The summed E-state index contributed by atoms with van der Waals surface area (Å²) in [6.07, 6.45) is 0. The Morgan fingerprint density at radius 3 is 2.50 bits per heavy atom. The molecule has 0 spiro atoms. The summed E-state index contributed by atoms with van der Waals surface area (Å²) in [6, 6.07) is 9.49. The van der Waals surface area contributed by atoms with E-state index in [-0.39, 0.29) is 17.3 Å². The highest BCUT2D eigenvalue weighted by molar-refractivity contribution is 5.75. The normalized spacial score (nSPS) is 26.1. The summed E-state index contributed by atoms with van der Waals surface area (Å²) in [5.74, 6) is -0.0672. The Bertz CT molecular complexity index is 383. The fraction of sp³-hybridized carbons (Fsp3) is 0.462. The number of para-hydroxylation sites is 1. The molecule has 0 amide bonds. The zero-order valence-corrected chi connectivity index (χ0v) is 9.51. The second-order valence-electron chi connectivity index (χ2n) is 4.87. The van der Waals surface area contributed by atoms with Crippen LogP contribution in [0.4, 0.5) is 0 Å². The Morgan fingerprint density at radius 1 is 1.38 bits per heavy atom. The molecule has 3 nitrogen and oxygen atoms in total. The standard InChI is InChI=1S/C13H16O3/c1-13(2)10(11(13)12(14)15)8-16-9-6-4-3-5-7-9/h3-7,10-11H,8H2,1-2H3,(H,14,15). The number of rotatable bonds is 4. The summed E-state index contributed by atoms with van der Waals surface area (Å²) < 4.78 is 5.58. The van der Waals surface area contributed by atoms with Gasteiger partial charge in [-0.15, -0.1) is 0 Å². The van der Waals surface area contributed by atoms with Crippen LogP contribution in [0.2, 0.25) is 0 Å². The third kappa shape index (κ3) is 1.90. The summed E-state index contributed by atoms with van der Waals surface area (Å²) >= 11 is 0. The first-order valence-corrected chi connectivity index (χ1v) is 5.44. The van der Waals surface area contributed by atoms with Crippen LogP contribution in [-0.4, -0.2) is 17.7 Å². The highest BCUT2D eigenvalue weighted by atomic mass is 16.5. The molecule has 1 aliphatic carbocycles. The van der Waals surface area contributed by atoms with Crippen LogP contribution < -0.4 is 4.74 Å². The van der Waals surface area contributed by atoms with Crippen molar-refractivity contribution in [3.8, 4) is 5.75 Å². The van der Waals surface area contributed by atoms with E-state index >= 15 is 0 Å². The van der Waals surface area contributed by atoms with Crippen molar-refractivity contribution >= 4 is 5.97 Å². The third-order valence-corrected chi connectivity index (χ3v) is 3.49.